The molecule has 18 heavy (non-hydrogen) atoms. The van der Waals surface area contributed by atoms with Gasteiger partial charge in [0.25, 0.3) is 0 Å². The van der Waals surface area contributed by atoms with Crippen LogP contribution in [0.25, 0.3) is 0 Å². The molecule has 1 unspecified atom stereocenters. The van der Waals surface area contributed by atoms with E-state index in [4.69, 9.17) is 19.6 Å². The molecule has 5 nitrogen and oxygen atoms in total. The molecule has 1 atom stereocenters. The number of carboxylic acid groups (broad SMARTS) is 1. The van der Waals surface area contributed by atoms with Crippen LogP contribution in [0.2, 0.25) is 0 Å². The van der Waals surface area contributed by atoms with E-state index in [1.54, 1.807) is 0 Å². The summed E-state index contributed by atoms with van der Waals surface area (Å²) in [6.45, 7) is 9.40. The molecule has 0 amide bonds. The molecule has 0 spiro atoms. The van der Waals surface area contributed by atoms with E-state index in [9.17, 15) is 4.79 Å². The summed E-state index contributed by atoms with van der Waals surface area (Å²) in [5.41, 5.74) is -0.507. The minimum Gasteiger partial charge on any atom is -0.450 e. The fourth-order valence-electron chi connectivity index (χ4n) is 1.42. The van der Waals surface area contributed by atoms with Crippen molar-refractivity contribution in [2.75, 3.05) is 0 Å². The molecule has 0 fully saturated rings. The Kier molecular flexibility index (Phi) is 7.25. The number of rotatable bonds is 8. The summed E-state index contributed by atoms with van der Waals surface area (Å²) in [4.78, 5) is 21.3. The summed E-state index contributed by atoms with van der Waals surface area (Å²) in [6, 6.07) is 0. The van der Waals surface area contributed by atoms with Crippen LogP contribution in [0.4, 0.5) is 4.79 Å². The first-order valence-electron chi connectivity index (χ1n) is 6.53. The Hall–Kier alpha value is -0.810. The second kappa shape index (κ2) is 7.59. The summed E-state index contributed by atoms with van der Waals surface area (Å²) in [6.07, 6.45) is 2.46. The van der Waals surface area contributed by atoms with E-state index >= 15 is 0 Å². The van der Waals surface area contributed by atoms with Gasteiger partial charge >= 0.3 is 6.16 Å². The second-order valence-electron chi connectivity index (χ2n) is 5.37. The van der Waals surface area contributed by atoms with Gasteiger partial charge in [0.15, 0.2) is 0 Å². The molecule has 108 valence electrons. The topological polar surface area (TPSA) is 65.0 Å². The van der Waals surface area contributed by atoms with Crippen LogP contribution in [-0.4, -0.2) is 22.7 Å². The third-order valence-corrected chi connectivity index (χ3v) is 2.42. The molecular weight excluding hydrogens is 236 g/mol. The van der Waals surface area contributed by atoms with Crippen LogP contribution in [0.15, 0.2) is 0 Å². The Labute approximate surface area is 109 Å². The summed E-state index contributed by atoms with van der Waals surface area (Å²) in [5.74, 6) is -1.20. The van der Waals surface area contributed by atoms with Crippen LogP contribution in [0.1, 0.15) is 66.7 Å². The highest BCUT2D eigenvalue weighted by Gasteiger charge is 2.36. The number of hydrogen-bond donors (Lipinski definition) is 1. The first-order chi connectivity index (χ1) is 8.24. The standard InChI is InChI=1S/C13H26O5/c1-6-8-9-10-13(7-2,16-11(14)15)18-17-12(3,4)5/h6-10H2,1-5H3,(H,14,15). The fourth-order valence-corrected chi connectivity index (χ4v) is 1.42. The third-order valence-electron chi connectivity index (χ3n) is 2.42. The van der Waals surface area contributed by atoms with Crippen molar-refractivity contribution >= 4 is 6.16 Å². The zero-order valence-corrected chi connectivity index (χ0v) is 12.1. The van der Waals surface area contributed by atoms with E-state index in [-0.39, 0.29) is 0 Å². The number of unbranched alkanes of at least 4 members (excludes halogenated alkanes) is 2. The van der Waals surface area contributed by atoms with Crippen LogP contribution >= 0.6 is 0 Å². The largest absolute Gasteiger partial charge is 0.508 e. The van der Waals surface area contributed by atoms with Crippen molar-refractivity contribution in [3.05, 3.63) is 0 Å². The van der Waals surface area contributed by atoms with Gasteiger partial charge in [-0.05, 0) is 27.2 Å². The fraction of sp³-hybridized carbons (Fsp3) is 0.923. The van der Waals surface area contributed by atoms with Crippen LogP contribution in [0.5, 0.6) is 0 Å². The van der Waals surface area contributed by atoms with Gasteiger partial charge in [-0.3, -0.25) is 0 Å². The van der Waals surface area contributed by atoms with Gasteiger partial charge in [0.1, 0.15) is 0 Å². The van der Waals surface area contributed by atoms with Crippen molar-refractivity contribution in [1.29, 1.82) is 0 Å². The van der Waals surface area contributed by atoms with E-state index in [2.05, 4.69) is 6.92 Å². The lowest BCUT2D eigenvalue weighted by Gasteiger charge is -2.32. The lowest BCUT2D eigenvalue weighted by Crippen LogP contribution is -2.40. The van der Waals surface area contributed by atoms with Gasteiger partial charge in [0.05, 0.1) is 5.60 Å². The Morgan fingerprint density at radius 1 is 1.11 bits per heavy atom. The summed E-state index contributed by atoms with van der Waals surface area (Å²) < 4.78 is 4.90. The van der Waals surface area contributed by atoms with Gasteiger partial charge in [-0.2, -0.15) is 4.89 Å². The molecule has 0 saturated carbocycles. The molecule has 0 heterocycles. The molecule has 5 heteroatoms. The average molecular weight is 262 g/mol. The van der Waals surface area contributed by atoms with Gasteiger partial charge in [-0.1, -0.05) is 26.7 Å². The first-order valence-corrected chi connectivity index (χ1v) is 6.53. The first kappa shape index (κ1) is 17.2. The Morgan fingerprint density at radius 2 is 1.72 bits per heavy atom. The Morgan fingerprint density at radius 3 is 2.11 bits per heavy atom. The number of hydrogen-bond acceptors (Lipinski definition) is 4. The molecule has 0 aliphatic rings. The molecule has 0 aromatic carbocycles. The molecule has 0 aromatic heterocycles. The lowest BCUT2D eigenvalue weighted by molar-refractivity contribution is -0.452. The normalized spacial score (nSPS) is 15.2. The van der Waals surface area contributed by atoms with Crippen molar-refractivity contribution in [1.82, 2.24) is 0 Å². The summed E-state index contributed by atoms with van der Waals surface area (Å²) in [5, 5.41) is 8.81. The van der Waals surface area contributed by atoms with Gasteiger partial charge in [-0.15, -0.1) is 0 Å². The van der Waals surface area contributed by atoms with E-state index in [1.807, 2.05) is 27.7 Å². The van der Waals surface area contributed by atoms with E-state index in [0.29, 0.717) is 12.8 Å². The quantitative estimate of drug-likeness (QED) is 0.234. The molecule has 0 saturated heterocycles. The van der Waals surface area contributed by atoms with Gasteiger partial charge in [0.2, 0.25) is 5.79 Å². The smallest absolute Gasteiger partial charge is 0.450 e. The average Bonchev–Trinajstić information content (AvgIpc) is 2.24. The zero-order chi connectivity index (χ0) is 14.2. The maximum atomic E-state index is 10.8. The molecule has 0 aliphatic carbocycles. The van der Waals surface area contributed by atoms with E-state index < -0.39 is 17.5 Å². The predicted molar refractivity (Wildman–Crippen MR) is 68.2 cm³/mol. The van der Waals surface area contributed by atoms with Gasteiger partial charge < -0.3 is 9.84 Å². The summed E-state index contributed by atoms with van der Waals surface area (Å²) >= 11 is 0. The van der Waals surface area contributed by atoms with Gasteiger partial charge in [-0.25, -0.2) is 9.68 Å². The third kappa shape index (κ3) is 7.50. The van der Waals surface area contributed by atoms with Crippen LogP contribution < -0.4 is 0 Å². The van der Waals surface area contributed by atoms with Gasteiger partial charge in [0, 0.05) is 12.8 Å². The highest BCUT2D eigenvalue weighted by molar-refractivity contribution is 5.57. The lowest BCUT2D eigenvalue weighted by atomic mass is 10.1. The predicted octanol–water partition coefficient (Wildman–Crippen LogP) is 4.11. The second-order valence-corrected chi connectivity index (χ2v) is 5.37. The molecule has 0 rings (SSSR count). The van der Waals surface area contributed by atoms with E-state index in [1.165, 1.54) is 0 Å². The highest BCUT2D eigenvalue weighted by Crippen LogP contribution is 2.28. The van der Waals surface area contributed by atoms with Crippen molar-refractivity contribution in [3.8, 4) is 0 Å². The Balaban J connectivity index is 4.58. The molecule has 0 radical (unpaired) electrons. The van der Waals surface area contributed by atoms with Crippen LogP contribution in [0.3, 0.4) is 0 Å². The molecule has 1 N–H and O–H groups in total. The maximum Gasteiger partial charge on any atom is 0.508 e. The molecular formula is C13H26O5. The zero-order valence-electron chi connectivity index (χ0n) is 12.1. The minimum atomic E-state index is -1.34. The highest BCUT2D eigenvalue weighted by atomic mass is 17.2. The van der Waals surface area contributed by atoms with Crippen LogP contribution in [0, 0.1) is 0 Å². The van der Waals surface area contributed by atoms with Crippen molar-refractivity contribution in [3.63, 3.8) is 0 Å². The molecule has 0 bridgehead atoms. The van der Waals surface area contributed by atoms with Crippen molar-refractivity contribution < 1.29 is 24.4 Å². The van der Waals surface area contributed by atoms with Crippen LogP contribution in [-0.2, 0) is 14.5 Å². The summed E-state index contributed by atoms with van der Waals surface area (Å²) in [7, 11) is 0. The van der Waals surface area contributed by atoms with Crippen molar-refractivity contribution in [2.45, 2.75) is 78.1 Å². The molecule has 0 aromatic rings. The number of ether oxygens (including phenoxy) is 1. The molecule has 0 aliphatic heterocycles. The monoisotopic (exact) mass is 262 g/mol. The van der Waals surface area contributed by atoms with Crippen molar-refractivity contribution in [2.24, 2.45) is 0 Å². The minimum absolute atomic E-state index is 0.416. The van der Waals surface area contributed by atoms with E-state index in [0.717, 1.165) is 19.3 Å². The number of carbonyl (C=O) groups is 1. The SMILES string of the molecule is CCCCCC(CC)(OOC(C)(C)C)OC(=O)O. The Bertz CT molecular complexity index is 246. The maximum absolute atomic E-state index is 10.8.